The molecule has 0 bridgehead atoms. The first-order chi connectivity index (χ1) is 14.8. The van der Waals surface area contributed by atoms with E-state index in [-0.39, 0.29) is 24.0 Å². The number of nitrogens with zero attached hydrogens (tertiary/aromatic N) is 2. The monoisotopic (exact) mass is 455 g/mol. The van der Waals surface area contributed by atoms with Crippen molar-refractivity contribution in [1.82, 2.24) is 4.90 Å². The molecule has 0 aliphatic carbocycles. The van der Waals surface area contributed by atoms with Crippen LogP contribution in [-0.4, -0.2) is 39.5 Å². The number of hydrogen-bond donors (Lipinski definition) is 1. The molecule has 1 aliphatic heterocycles. The number of anilines is 1. The SMILES string of the molecule is C=CCN1C(=O)C(CC(=O)Nc2cccc(C(C)=O)c2)SC1=Nc1ccc(C)c(Cl)c1. The number of halogens is 1. The van der Waals surface area contributed by atoms with Gasteiger partial charge in [0.2, 0.25) is 11.8 Å². The van der Waals surface area contributed by atoms with Gasteiger partial charge in [0.15, 0.2) is 11.0 Å². The van der Waals surface area contributed by atoms with Crippen molar-refractivity contribution in [2.24, 2.45) is 4.99 Å². The molecule has 31 heavy (non-hydrogen) atoms. The summed E-state index contributed by atoms with van der Waals surface area (Å²) in [6.07, 6.45) is 1.60. The quantitative estimate of drug-likeness (QED) is 0.470. The number of amides is 2. The normalized spacial score (nSPS) is 17.1. The summed E-state index contributed by atoms with van der Waals surface area (Å²) in [6.45, 7) is 7.36. The summed E-state index contributed by atoms with van der Waals surface area (Å²) >= 11 is 7.42. The Hall–Kier alpha value is -2.90. The molecule has 3 rings (SSSR count). The average Bonchev–Trinajstić information content (AvgIpc) is 3.00. The van der Waals surface area contributed by atoms with Gasteiger partial charge in [0.25, 0.3) is 0 Å². The Kier molecular flexibility index (Phi) is 7.30. The molecule has 1 atom stereocenters. The van der Waals surface area contributed by atoms with E-state index < -0.39 is 5.25 Å². The number of rotatable bonds is 7. The van der Waals surface area contributed by atoms with E-state index in [9.17, 15) is 14.4 Å². The lowest BCUT2D eigenvalue weighted by atomic mass is 10.1. The fraction of sp³-hybridized carbons (Fsp3) is 0.217. The summed E-state index contributed by atoms with van der Waals surface area (Å²) in [4.78, 5) is 43.0. The van der Waals surface area contributed by atoms with Gasteiger partial charge in [-0.05, 0) is 43.7 Å². The number of amidine groups is 1. The van der Waals surface area contributed by atoms with Gasteiger partial charge in [0.1, 0.15) is 5.25 Å². The number of carbonyl (C=O) groups excluding carboxylic acids is 3. The van der Waals surface area contributed by atoms with Crippen LogP contribution in [-0.2, 0) is 9.59 Å². The zero-order valence-corrected chi connectivity index (χ0v) is 18.8. The van der Waals surface area contributed by atoms with Crippen molar-refractivity contribution >= 4 is 57.5 Å². The largest absolute Gasteiger partial charge is 0.326 e. The van der Waals surface area contributed by atoms with Crippen LogP contribution in [0.1, 0.15) is 29.3 Å². The number of carbonyl (C=O) groups is 3. The van der Waals surface area contributed by atoms with E-state index in [2.05, 4.69) is 16.9 Å². The molecule has 1 unspecified atom stereocenters. The highest BCUT2D eigenvalue weighted by Crippen LogP contribution is 2.32. The first kappa shape index (κ1) is 22.8. The number of benzene rings is 2. The molecule has 0 spiro atoms. The van der Waals surface area contributed by atoms with Crippen molar-refractivity contribution in [2.45, 2.75) is 25.5 Å². The molecule has 8 heteroatoms. The predicted octanol–water partition coefficient (Wildman–Crippen LogP) is 5.00. The number of aliphatic imine (C=N–C) groups is 1. The molecule has 1 heterocycles. The summed E-state index contributed by atoms with van der Waals surface area (Å²) < 4.78 is 0. The molecule has 6 nitrogen and oxygen atoms in total. The smallest absolute Gasteiger partial charge is 0.242 e. The van der Waals surface area contributed by atoms with Crippen molar-refractivity contribution in [3.05, 3.63) is 71.3 Å². The Balaban J connectivity index is 1.75. The lowest BCUT2D eigenvalue weighted by Crippen LogP contribution is -2.33. The van der Waals surface area contributed by atoms with Crippen molar-refractivity contribution < 1.29 is 14.4 Å². The van der Waals surface area contributed by atoms with E-state index in [4.69, 9.17) is 11.6 Å². The van der Waals surface area contributed by atoms with Crippen LogP contribution >= 0.6 is 23.4 Å². The van der Waals surface area contributed by atoms with Gasteiger partial charge in [-0.2, -0.15) is 0 Å². The molecule has 1 saturated heterocycles. The fourth-order valence-corrected chi connectivity index (χ4v) is 4.32. The van der Waals surface area contributed by atoms with E-state index >= 15 is 0 Å². The van der Waals surface area contributed by atoms with Crippen LogP contribution in [0, 0.1) is 6.92 Å². The molecular weight excluding hydrogens is 434 g/mol. The minimum Gasteiger partial charge on any atom is -0.326 e. The van der Waals surface area contributed by atoms with Gasteiger partial charge >= 0.3 is 0 Å². The third kappa shape index (κ3) is 5.62. The highest BCUT2D eigenvalue weighted by atomic mass is 35.5. The van der Waals surface area contributed by atoms with Gasteiger partial charge in [-0.15, -0.1) is 6.58 Å². The van der Waals surface area contributed by atoms with Gasteiger partial charge in [-0.3, -0.25) is 19.3 Å². The van der Waals surface area contributed by atoms with E-state index in [1.54, 1.807) is 36.4 Å². The maximum atomic E-state index is 12.9. The lowest BCUT2D eigenvalue weighted by molar-refractivity contribution is -0.127. The molecular formula is C23H22ClN3O3S. The van der Waals surface area contributed by atoms with Crippen molar-refractivity contribution in [2.75, 3.05) is 11.9 Å². The summed E-state index contributed by atoms with van der Waals surface area (Å²) in [5.41, 5.74) is 2.59. The number of hydrogen-bond acceptors (Lipinski definition) is 5. The van der Waals surface area contributed by atoms with Crippen LogP contribution in [0.5, 0.6) is 0 Å². The molecule has 1 aliphatic rings. The zero-order valence-electron chi connectivity index (χ0n) is 17.2. The zero-order chi connectivity index (χ0) is 22.5. The molecule has 1 fully saturated rings. The third-order valence-electron chi connectivity index (χ3n) is 4.64. The first-order valence-electron chi connectivity index (χ1n) is 9.63. The van der Waals surface area contributed by atoms with Crippen LogP contribution in [0.15, 0.2) is 60.1 Å². The van der Waals surface area contributed by atoms with E-state index in [0.29, 0.717) is 33.7 Å². The number of aryl methyl sites for hydroxylation is 1. The van der Waals surface area contributed by atoms with E-state index in [0.717, 1.165) is 5.56 Å². The number of Topliss-reactive ketones (excluding diaryl/α,β-unsaturated/α-hetero) is 1. The van der Waals surface area contributed by atoms with Crippen molar-refractivity contribution in [1.29, 1.82) is 0 Å². The average molecular weight is 456 g/mol. The maximum Gasteiger partial charge on any atom is 0.242 e. The van der Waals surface area contributed by atoms with Gasteiger partial charge in [-0.1, -0.05) is 47.6 Å². The van der Waals surface area contributed by atoms with Crippen LogP contribution in [0.4, 0.5) is 11.4 Å². The molecule has 2 aromatic rings. The number of thioether (sulfide) groups is 1. The molecule has 160 valence electrons. The first-order valence-corrected chi connectivity index (χ1v) is 10.9. The van der Waals surface area contributed by atoms with Crippen LogP contribution < -0.4 is 5.32 Å². The number of nitrogens with one attached hydrogen (secondary N) is 1. The predicted molar refractivity (Wildman–Crippen MR) is 126 cm³/mol. The summed E-state index contributed by atoms with van der Waals surface area (Å²) in [5, 5.41) is 3.25. The van der Waals surface area contributed by atoms with Gasteiger partial charge in [-0.25, -0.2) is 4.99 Å². The maximum absolute atomic E-state index is 12.9. The van der Waals surface area contributed by atoms with Gasteiger partial charge < -0.3 is 5.32 Å². The summed E-state index contributed by atoms with van der Waals surface area (Å²) in [7, 11) is 0. The second kappa shape index (κ2) is 9.94. The second-order valence-corrected chi connectivity index (χ2v) is 8.64. The Morgan fingerprint density at radius 3 is 2.74 bits per heavy atom. The topological polar surface area (TPSA) is 78.8 Å². The van der Waals surface area contributed by atoms with Crippen LogP contribution in [0.25, 0.3) is 0 Å². The Labute approximate surface area is 190 Å². The standard InChI is InChI=1S/C23H22ClN3O3S/c1-4-10-27-22(30)20(31-23(27)26-18-9-8-14(2)19(24)12-18)13-21(29)25-17-7-5-6-16(11-17)15(3)28/h4-9,11-12,20H,1,10,13H2,2-3H3,(H,25,29). The molecule has 2 amide bonds. The summed E-state index contributed by atoms with van der Waals surface area (Å²) in [6, 6.07) is 12.1. The van der Waals surface area contributed by atoms with Crippen molar-refractivity contribution in [3.8, 4) is 0 Å². The molecule has 0 radical (unpaired) electrons. The van der Waals surface area contributed by atoms with Crippen molar-refractivity contribution in [3.63, 3.8) is 0 Å². The van der Waals surface area contributed by atoms with Crippen LogP contribution in [0.3, 0.4) is 0 Å². The molecule has 0 saturated carbocycles. The Morgan fingerprint density at radius 1 is 1.29 bits per heavy atom. The molecule has 2 aromatic carbocycles. The fourth-order valence-electron chi connectivity index (χ4n) is 2.98. The number of ketones is 1. The Morgan fingerprint density at radius 2 is 2.06 bits per heavy atom. The lowest BCUT2D eigenvalue weighted by Gasteiger charge is -2.14. The second-order valence-electron chi connectivity index (χ2n) is 7.06. The highest BCUT2D eigenvalue weighted by molar-refractivity contribution is 8.15. The highest BCUT2D eigenvalue weighted by Gasteiger charge is 2.38. The molecule has 0 aromatic heterocycles. The summed E-state index contributed by atoms with van der Waals surface area (Å²) in [5.74, 6) is -0.603. The Bertz CT molecular complexity index is 1080. The molecule has 1 N–H and O–H groups in total. The third-order valence-corrected chi connectivity index (χ3v) is 6.22. The van der Waals surface area contributed by atoms with Gasteiger partial charge in [0, 0.05) is 29.2 Å². The minimum atomic E-state index is -0.601. The van der Waals surface area contributed by atoms with E-state index in [1.165, 1.54) is 23.6 Å². The minimum absolute atomic E-state index is 0.0187. The van der Waals surface area contributed by atoms with Gasteiger partial charge in [0.05, 0.1) is 5.69 Å². The van der Waals surface area contributed by atoms with E-state index in [1.807, 2.05) is 19.1 Å². The van der Waals surface area contributed by atoms with Crippen LogP contribution in [0.2, 0.25) is 5.02 Å².